The van der Waals surface area contributed by atoms with E-state index < -0.39 is 25.3 Å². The molecule has 8 heteroatoms. The van der Waals surface area contributed by atoms with Crippen molar-refractivity contribution < 1.29 is 27.9 Å². The highest BCUT2D eigenvalue weighted by molar-refractivity contribution is 5.87. The number of alkyl halides is 3. The number of hydrogen-bond donors (Lipinski definition) is 1. The number of carbonyl (C=O) groups is 1. The Bertz CT molecular complexity index is 294. The molecule has 17 heavy (non-hydrogen) atoms. The molecule has 0 aromatic carbocycles. The number of rotatable bonds is 3. The van der Waals surface area contributed by atoms with Crippen LogP contribution in [0.15, 0.2) is 5.16 Å². The molecule has 0 aromatic rings. The second-order valence-corrected chi connectivity index (χ2v) is 3.65. The summed E-state index contributed by atoms with van der Waals surface area (Å²) in [6.45, 7) is -1.32. The van der Waals surface area contributed by atoms with Crippen molar-refractivity contribution in [2.45, 2.75) is 19.0 Å². The number of piperidine rings is 1. The molecule has 1 aliphatic heterocycles. The first-order valence-electron chi connectivity index (χ1n) is 5.04. The minimum absolute atomic E-state index is 0.341. The molecule has 98 valence electrons. The van der Waals surface area contributed by atoms with Crippen molar-refractivity contribution in [2.75, 3.05) is 26.3 Å². The highest BCUT2D eigenvalue weighted by atomic mass is 19.4. The molecule has 0 unspecified atom stereocenters. The lowest BCUT2D eigenvalue weighted by Gasteiger charge is -2.27. The Morgan fingerprint density at radius 1 is 1.41 bits per heavy atom. The largest absolute Gasteiger partial charge is 0.411 e. The average Bonchev–Trinajstić information content (AvgIpc) is 2.27. The van der Waals surface area contributed by atoms with Crippen molar-refractivity contribution in [2.24, 2.45) is 5.16 Å². The molecule has 0 saturated carbocycles. The third kappa shape index (κ3) is 5.03. The van der Waals surface area contributed by atoms with Crippen molar-refractivity contribution in [3.63, 3.8) is 0 Å². The smallest absolute Gasteiger partial charge is 0.411 e. The molecule has 1 heterocycles. The van der Waals surface area contributed by atoms with Crippen LogP contribution in [0.2, 0.25) is 0 Å². The van der Waals surface area contributed by atoms with Gasteiger partial charge in [-0.25, -0.2) is 0 Å². The number of nitrogens with zero attached hydrogens (tertiary/aromatic N) is 2. The number of amides is 1. The summed E-state index contributed by atoms with van der Waals surface area (Å²) in [7, 11) is 0. The lowest BCUT2D eigenvalue weighted by Crippen LogP contribution is -2.41. The summed E-state index contributed by atoms with van der Waals surface area (Å²) in [5, 5.41) is 11.5. The van der Waals surface area contributed by atoms with E-state index in [0.29, 0.717) is 31.6 Å². The van der Waals surface area contributed by atoms with Gasteiger partial charge in [0.05, 0.1) is 5.71 Å². The van der Waals surface area contributed by atoms with Gasteiger partial charge in [0, 0.05) is 25.9 Å². The summed E-state index contributed by atoms with van der Waals surface area (Å²) in [6, 6.07) is 0. The van der Waals surface area contributed by atoms with Crippen molar-refractivity contribution in [1.29, 1.82) is 0 Å². The molecular weight excluding hydrogens is 241 g/mol. The lowest BCUT2D eigenvalue weighted by molar-refractivity contribution is -0.177. The van der Waals surface area contributed by atoms with Crippen LogP contribution < -0.4 is 0 Å². The lowest BCUT2D eigenvalue weighted by atomic mass is 10.1. The Hall–Kier alpha value is -1.31. The van der Waals surface area contributed by atoms with Crippen molar-refractivity contribution in [1.82, 2.24) is 4.90 Å². The Labute approximate surface area is 95.8 Å². The molecule has 1 fully saturated rings. The van der Waals surface area contributed by atoms with E-state index in [-0.39, 0.29) is 0 Å². The first kappa shape index (κ1) is 13.8. The van der Waals surface area contributed by atoms with Gasteiger partial charge in [0.1, 0.15) is 13.2 Å². The highest BCUT2D eigenvalue weighted by Crippen LogP contribution is 2.14. The third-order valence-corrected chi connectivity index (χ3v) is 2.33. The predicted octanol–water partition coefficient (Wildman–Crippen LogP) is 1.02. The number of oxime groups is 1. The van der Waals surface area contributed by atoms with Crippen LogP contribution in [-0.2, 0) is 9.53 Å². The van der Waals surface area contributed by atoms with Gasteiger partial charge in [0.25, 0.3) is 0 Å². The van der Waals surface area contributed by atoms with Gasteiger partial charge in [-0.1, -0.05) is 5.16 Å². The van der Waals surface area contributed by atoms with Crippen molar-refractivity contribution in [3.05, 3.63) is 0 Å². The normalized spacial score (nSPS) is 17.1. The second kappa shape index (κ2) is 5.85. The number of ether oxygens (including phenoxy) is 1. The van der Waals surface area contributed by atoms with E-state index in [0.717, 1.165) is 0 Å². The molecule has 1 amide bonds. The van der Waals surface area contributed by atoms with E-state index in [1.807, 2.05) is 0 Å². The topological polar surface area (TPSA) is 62.1 Å². The van der Waals surface area contributed by atoms with E-state index in [2.05, 4.69) is 9.89 Å². The zero-order valence-electron chi connectivity index (χ0n) is 9.03. The Morgan fingerprint density at radius 3 is 2.47 bits per heavy atom. The summed E-state index contributed by atoms with van der Waals surface area (Å²) in [5.74, 6) is -0.480. The van der Waals surface area contributed by atoms with Crippen LogP contribution in [-0.4, -0.2) is 54.2 Å². The molecule has 1 N–H and O–H groups in total. The van der Waals surface area contributed by atoms with Gasteiger partial charge < -0.3 is 14.8 Å². The number of carbonyl (C=O) groups excluding carboxylic acids is 1. The predicted molar refractivity (Wildman–Crippen MR) is 51.9 cm³/mol. The Kier molecular flexibility index (Phi) is 4.73. The van der Waals surface area contributed by atoms with Crippen LogP contribution in [0.5, 0.6) is 0 Å². The van der Waals surface area contributed by atoms with Gasteiger partial charge in [-0.05, 0) is 0 Å². The van der Waals surface area contributed by atoms with E-state index in [1.54, 1.807) is 0 Å². The minimum Gasteiger partial charge on any atom is -0.411 e. The molecular formula is C9H13F3N2O3. The van der Waals surface area contributed by atoms with Crippen LogP contribution in [0.4, 0.5) is 13.2 Å². The fraction of sp³-hybridized carbons (Fsp3) is 0.778. The van der Waals surface area contributed by atoms with Crippen molar-refractivity contribution in [3.8, 4) is 0 Å². The number of likely N-dealkylation sites (tertiary alicyclic amines) is 1. The van der Waals surface area contributed by atoms with E-state index in [1.165, 1.54) is 4.90 Å². The van der Waals surface area contributed by atoms with Gasteiger partial charge in [-0.15, -0.1) is 0 Å². The van der Waals surface area contributed by atoms with Crippen LogP contribution in [0.1, 0.15) is 12.8 Å². The van der Waals surface area contributed by atoms with Gasteiger partial charge >= 0.3 is 6.18 Å². The SMILES string of the molecule is O=C(COCC(F)(F)F)N1CCC(=NO)CC1. The number of halogens is 3. The number of hydrogen-bond acceptors (Lipinski definition) is 4. The first-order chi connectivity index (χ1) is 7.92. The summed E-state index contributed by atoms with van der Waals surface area (Å²) in [6.07, 6.45) is -3.55. The molecule has 0 atom stereocenters. The maximum atomic E-state index is 11.8. The molecule has 0 radical (unpaired) electrons. The van der Waals surface area contributed by atoms with Gasteiger partial charge in [0.15, 0.2) is 0 Å². The quantitative estimate of drug-likeness (QED) is 0.604. The monoisotopic (exact) mass is 254 g/mol. The molecule has 1 rings (SSSR count). The van der Waals surface area contributed by atoms with Crippen LogP contribution in [0.3, 0.4) is 0 Å². The second-order valence-electron chi connectivity index (χ2n) is 3.65. The fourth-order valence-corrected chi connectivity index (χ4v) is 1.46. The van der Waals surface area contributed by atoms with Crippen molar-refractivity contribution >= 4 is 11.6 Å². The third-order valence-electron chi connectivity index (χ3n) is 2.33. The minimum atomic E-state index is -4.42. The molecule has 1 aliphatic rings. The van der Waals surface area contributed by atoms with E-state index in [9.17, 15) is 18.0 Å². The summed E-state index contributed by atoms with van der Waals surface area (Å²) >= 11 is 0. The fourth-order valence-electron chi connectivity index (χ4n) is 1.46. The van der Waals surface area contributed by atoms with Gasteiger partial charge in [-0.3, -0.25) is 4.79 Å². The summed E-state index contributed by atoms with van der Waals surface area (Å²) in [4.78, 5) is 12.8. The Morgan fingerprint density at radius 2 is 2.00 bits per heavy atom. The summed E-state index contributed by atoms with van der Waals surface area (Å²) < 4.78 is 39.5. The summed E-state index contributed by atoms with van der Waals surface area (Å²) in [5.41, 5.74) is 0.588. The maximum Gasteiger partial charge on any atom is 0.411 e. The first-order valence-corrected chi connectivity index (χ1v) is 5.04. The molecule has 1 saturated heterocycles. The zero-order valence-corrected chi connectivity index (χ0v) is 9.03. The molecule has 0 spiro atoms. The maximum absolute atomic E-state index is 11.8. The van der Waals surface area contributed by atoms with Crippen LogP contribution >= 0.6 is 0 Å². The molecule has 0 aromatic heterocycles. The van der Waals surface area contributed by atoms with Crippen LogP contribution in [0.25, 0.3) is 0 Å². The van der Waals surface area contributed by atoms with Gasteiger partial charge in [0.2, 0.25) is 5.91 Å². The molecule has 0 aliphatic carbocycles. The zero-order chi connectivity index (χ0) is 12.9. The highest BCUT2D eigenvalue weighted by Gasteiger charge is 2.28. The van der Waals surface area contributed by atoms with E-state index in [4.69, 9.17) is 5.21 Å². The van der Waals surface area contributed by atoms with E-state index >= 15 is 0 Å². The Balaban J connectivity index is 2.25. The molecule has 0 bridgehead atoms. The van der Waals surface area contributed by atoms with Gasteiger partial charge in [-0.2, -0.15) is 13.2 Å². The average molecular weight is 254 g/mol. The van der Waals surface area contributed by atoms with Crippen LogP contribution in [0, 0.1) is 0 Å². The molecule has 5 nitrogen and oxygen atoms in total. The standard InChI is InChI=1S/C9H13F3N2O3/c10-9(11,12)6-17-5-8(15)14-3-1-7(13-16)2-4-14/h16H,1-6H2.